The van der Waals surface area contributed by atoms with Gasteiger partial charge in [-0.1, -0.05) is 29.8 Å². The van der Waals surface area contributed by atoms with E-state index in [9.17, 15) is 5.11 Å². The highest BCUT2D eigenvalue weighted by atomic mass is 16.3. The van der Waals surface area contributed by atoms with Crippen molar-refractivity contribution in [3.8, 4) is 5.75 Å². The van der Waals surface area contributed by atoms with Crippen molar-refractivity contribution in [2.75, 3.05) is 0 Å². The Hall–Kier alpha value is -1.76. The minimum absolute atomic E-state index is 0.404. The van der Waals surface area contributed by atoms with Gasteiger partial charge in [0.2, 0.25) is 0 Å². The van der Waals surface area contributed by atoms with Crippen LogP contribution in [0, 0.1) is 27.7 Å². The van der Waals surface area contributed by atoms with Gasteiger partial charge in [0.05, 0.1) is 0 Å². The van der Waals surface area contributed by atoms with E-state index >= 15 is 0 Å². The van der Waals surface area contributed by atoms with E-state index in [1.807, 2.05) is 13.0 Å². The number of aromatic hydroxyl groups is 1. The number of rotatable bonds is 3. The summed E-state index contributed by atoms with van der Waals surface area (Å²) in [7, 11) is 0. The fourth-order valence-corrected chi connectivity index (χ4v) is 2.55. The van der Waals surface area contributed by atoms with Crippen LogP contribution in [0.3, 0.4) is 0 Å². The summed E-state index contributed by atoms with van der Waals surface area (Å²) in [6.45, 7) is 8.35. The van der Waals surface area contributed by atoms with Crippen LogP contribution in [0.1, 0.15) is 33.4 Å². The molecule has 100 valence electrons. The lowest BCUT2D eigenvalue weighted by Crippen LogP contribution is -1.97. The summed E-state index contributed by atoms with van der Waals surface area (Å²) in [6.07, 6.45) is 2.00. The minimum atomic E-state index is 0.404. The van der Waals surface area contributed by atoms with Gasteiger partial charge in [0.15, 0.2) is 0 Å². The Morgan fingerprint density at radius 2 is 1.37 bits per heavy atom. The molecule has 1 heteroatoms. The first-order valence-corrected chi connectivity index (χ1v) is 6.82. The van der Waals surface area contributed by atoms with E-state index in [1.54, 1.807) is 0 Å². The molecule has 0 saturated carbocycles. The van der Waals surface area contributed by atoms with Crippen LogP contribution >= 0.6 is 0 Å². The second-order valence-corrected chi connectivity index (χ2v) is 5.50. The van der Waals surface area contributed by atoms with Crippen LogP contribution in [0.4, 0.5) is 0 Å². The predicted molar refractivity (Wildman–Crippen MR) is 80.9 cm³/mol. The molecule has 0 fully saturated rings. The molecule has 0 spiro atoms. The highest BCUT2D eigenvalue weighted by Gasteiger charge is 2.05. The van der Waals surface area contributed by atoms with Gasteiger partial charge in [-0.05, 0) is 74.4 Å². The van der Waals surface area contributed by atoms with Gasteiger partial charge in [0.1, 0.15) is 5.75 Å². The summed E-state index contributed by atoms with van der Waals surface area (Å²) in [4.78, 5) is 0. The summed E-state index contributed by atoms with van der Waals surface area (Å²) in [5, 5.41) is 9.81. The van der Waals surface area contributed by atoms with E-state index < -0.39 is 0 Å². The van der Waals surface area contributed by atoms with Crippen LogP contribution < -0.4 is 0 Å². The smallest absolute Gasteiger partial charge is 0.118 e. The minimum Gasteiger partial charge on any atom is -0.508 e. The zero-order valence-electron chi connectivity index (χ0n) is 12.2. The largest absolute Gasteiger partial charge is 0.508 e. The van der Waals surface area contributed by atoms with Crippen LogP contribution in [-0.4, -0.2) is 5.11 Å². The standard InChI is InChI=1S/C18H22O/c1-12-5-6-16(13(2)9-12)7-8-17-11-18(19)15(4)10-14(17)3/h5-6,9-11,19H,7-8H2,1-4H3. The van der Waals surface area contributed by atoms with Crippen molar-refractivity contribution in [1.82, 2.24) is 0 Å². The van der Waals surface area contributed by atoms with Gasteiger partial charge in [-0.25, -0.2) is 0 Å². The highest BCUT2D eigenvalue weighted by molar-refractivity contribution is 5.41. The Labute approximate surface area is 115 Å². The number of hydrogen-bond acceptors (Lipinski definition) is 1. The predicted octanol–water partition coefficient (Wildman–Crippen LogP) is 4.41. The van der Waals surface area contributed by atoms with Gasteiger partial charge >= 0.3 is 0 Å². The lowest BCUT2D eigenvalue weighted by molar-refractivity contribution is 0.470. The van der Waals surface area contributed by atoms with E-state index in [-0.39, 0.29) is 0 Å². The fraction of sp³-hybridized carbons (Fsp3) is 0.333. The highest BCUT2D eigenvalue weighted by Crippen LogP contribution is 2.23. The van der Waals surface area contributed by atoms with E-state index in [2.05, 4.69) is 45.0 Å². The van der Waals surface area contributed by atoms with Gasteiger partial charge in [-0.3, -0.25) is 0 Å². The normalized spacial score (nSPS) is 10.7. The molecule has 0 unspecified atom stereocenters. The van der Waals surface area contributed by atoms with E-state index in [0.717, 1.165) is 18.4 Å². The van der Waals surface area contributed by atoms with Gasteiger partial charge in [-0.15, -0.1) is 0 Å². The van der Waals surface area contributed by atoms with Gasteiger partial charge in [0.25, 0.3) is 0 Å². The van der Waals surface area contributed by atoms with Crippen molar-refractivity contribution >= 4 is 0 Å². The lowest BCUT2D eigenvalue weighted by atomic mass is 9.96. The van der Waals surface area contributed by atoms with Gasteiger partial charge in [-0.2, -0.15) is 0 Å². The Morgan fingerprint density at radius 1 is 0.737 bits per heavy atom. The Bertz CT molecular complexity index is 597. The maximum absolute atomic E-state index is 9.81. The quantitative estimate of drug-likeness (QED) is 0.860. The molecule has 2 aromatic carbocycles. The topological polar surface area (TPSA) is 20.2 Å². The van der Waals surface area contributed by atoms with Crippen LogP contribution in [0.25, 0.3) is 0 Å². The molecule has 0 heterocycles. The second-order valence-electron chi connectivity index (χ2n) is 5.50. The maximum Gasteiger partial charge on any atom is 0.118 e. The van der Waals surface area contributed by atoms with E-state index in [4.69, 9.17) is 0 Å². The molecule has 0 aliphatic heterocycles. The summed E-state index contributed by atoms with van der Waals surface area (Å²) >= 11 is 0. The van der Waals surface area contributed by atoms with Crippen molar-refractivity contribution in [3.05, 3.63) is 63.7 Å². The summed E-state index contributed by atoms with van der Waals surface area (Å²) in [5.74, 6) is 0.404. The number of benzene rings is 2. The first kappa shape index (κ1) is 13.7. The molecule has 19 heavy (non-hydrogen) atoms. The molecule has 2 aromatic rings. The van der Waals surface area contributed by atoms with Crippen molar-refractivity contribution in [2.45, 2.75) is 40.5 Å². The number of phenolic OH excluding ortho intramolecular Hbond substituents is 1. The number of hydrogen-bond donors (Lipinski definition) is 1. The molecule has 0 amide bonds. The van der Waals surface area contributed by atoms with Crippen molar-refractivity contribution < 1.29 is 5.11 Å². The molecule has 0 aromatic heterocycles. The molecule has 1 nitrogen and oxygen atoms in total. The first-order valence-electron chi connectivity index (χ1n) is 6.82. The van der Waals surface area contributed by atoms with Crippen molar-refractivity contribution in [1.29, 1.82) is 0 Å². The molecule has 0 saturated heterocycles. The molecule has 0 aliphatic carbocycles. The first-order chi connectivity index (χ1) is 8.97. The third-order valence-electron chi connectivity index (χ3n) is 3.82. The van der Waals surface area contributed by atoms with Gasteiger partial charge < -0.3 is 5.11 Å². The SMILES string of the molecule is Cc1ccc(CCc2cc(O)c(C)cc2C)c(C)c1. The summed E-state index contributed by atoms with van der Waals surface area (Å²) < 4.78 is 0. The Morgan fingerprint density at radius 3 is 2.05 bits per heavy atom. The maximum atomic E-state index is 9.81. The molecular weight excluding hydrogens is 232 g/mol. The second kappa shape index (κ2) is 5.48. The van der Waals surface area contributed by atoms with Crippen LogP contribution in [0.5, 0.6) is 5.75 Å². The Balaban J connectivity index is 2.16. The molecular formula is C18H22O. The van der Waals surface area contributed by atoms with E-state index in [1.165, 1.54) is 27.8 Å². The molecule has 0 aliphatic rings. The Kier molecular flexibility index (Phi) is 3.94. The summed E-state index contributed by atoms with van der Waals surface area (Å²) in [6, 6.07) is 10.6. The molecule has 0 radical (unpaired) electrons. The summed E-state index contributed by atoms with van der Waals surface area (Å²) in [5.41, 5.74) is 7.51. The van der Waals surface area contributed by atoms with Crippen molar-refractivity contribution in [3.63, 3.8) is 0 Å². The molecule has 0 bridgehead atoms. The molecule has 0 atom stereocenters. The average molecular weight is 254 g/mol. The zero-order valence-corrected chi connectivity index (χ0v) is 12.2. The number of aryl methyl sites for hydroxylation is 6. The third-order valence-corrected chi connectivity index (χ3v) is 3.82. The zero-order chi connectivity index (χ0) is 14.0. The van der Waals surface area contributed by atoms with E-state index in [0.29, 0.717) is 5.75 Å². The van der Waals surface area contributed by atoms with Gasteiger partial charge in [0, 0.05) is 0 Å². The fourth-order valence-electron chi connectivity index (χ4n) is 2.55. The van der Waals surface area contributed by atoms with Crippen LogP contribution in [0.15, 0.2) is 30.3 Å². The molecule has 2 rings (SSSR count). The lowest BCUT2D eigenvalue weighted by Gasteiger charge is -2.11. The van der Waals surface area contributed by atoms with Crippen molar-refractivity contribution in [2.24, 2.45) is 0 Å². The number of phenols is 1. The third kappa shape index (κ3) is 3.17. The van der Waals surface area contributed by atoms with Crippen LogP contribution in [-0.2, 0) is 12.8 Å². The van der Waals surface area contributed by atoms with Crippen LogP contribution in [0.2, 0.25) is 0 Å². The average Bonchev–Trinajstić information content (AvgIpc) is 2.34. The monoisotopic (exact) mass is 254 g/mol. The molecule has 1 N–H and O–H groups in total.